The largest absolute Gasteiger partial charge is 0.465 e. The maximum absolute atomic E-state index is 12.2. The predicted octanol–water partition coefficient (Wildman–Crippen LogP) is 4.26. The highest BCUT2D eigenvalue weighted by atomic mass is 16.5. The molecule has 0 radical (unpaired) electrons. The average molecular weight is 285 g/mol. The Hall–Kier alpha value is -0.570. The summed E-state index contributed by atoms with van der Waals surface area (Å²) in [5.41, 5.74) is 0. The van der Waals surface area contributed by atoms with Crippen LogP contribution in [0.1, 0.15) is 73.1 Å². The number of nitrogens with zero attached hydrogens (tertiary/aromatic N) is 1. The summed E-state index contributed by atoms with van der Waals surface area (Å²) in [6.45, 7) is 13.0. The van der Waals surface area contributed by atoms with E-state index in [1.165, 1.54) is 38.5 Å². The van der Waals surface area contributed by atoms with Crippen LogP contribution in [-0.2, 0) is 9.53 Å². The summed E-state index contributed by atoms with van der Waals surface area (Å²) in [6.07, 6.45) is 7.25. The summed E-state index contributed by atoms with van der Waals surface area (Å²) in [7, 11) is 0. The van der Waals surface area contributed by atoms with E-state index in [9.17, 15) is 4.79 Å². The first-order valence-electron chi connectivity index (χ1n) is 8.49. The Balaban J connectivity index is 4.65. The molecule has 0 aromatic carbocycles. The second-order valence-electron chi connectivity index (χ2n) is 5.89. The molecule has 1 unspecified atom stereocenters. The number of unbranched alkanes of at least 4 members (excludes halogenated alkanes) is 4. The molecular formula is C17H35NO2. The van der Waals surface area contributed by atoms with Crippen molar-refractivity contribution in [3.63, 3.8) is 0 Å². The van der Waals surface area contributed by atoms with Gasteiger partial charge >= 0.3 is 5.97 Å². The normalized spacial score (nSPS) is 12.9. The number of carbonyl (C=O) groups is 1. The van der Waals surface area contributed by atoms with Crippen molar-refractivity contribution < 1.29 is 9.53 Å². The van der Waals surface area contributed by atoms with E-state index in [1.807, 2.05) is 6.92 Å². The van der Waals surface area contributed by atoms with Crippen LogP contribution in [0.25, 0.3) is 0 Å². The monoisotopic (exact) mass is 285 g/mol. The van der Waals surface area contributed by atoms with Crippen molar-refractivity contribution in [3.8, 4) is 0 Å². The third-order valence-corrected chi connectivity index (χ3v) is 3.65. The molecule has 3 nitrogen and oxygen atoms in total. The van der Waals surface area contributed by atoms with Gasteiger partial charge in [0.1, 0.15) is 6.04 Å². The molecule has 0 N–H and O–H groups in total. The van der Waals surface area contributed by atoms with Gasteiger partial charge < -0.3 is 4.74 Å². The molecule has 0 aliphatic heterocycles. The van der Waals surface area contributed by atoms with Crippen LogP contribution >= 0.6 is 0 Å². The van der Waals surface area contributed by atoms with Gasteiger partial charge in [-0.05, 0) is 38.8 Å². The maximum atomic E-state index is 12.2. The number of carbonyl (C=O) groups excluding carboxylic acids is 1. The van der Waals surface area contributed by atoms with E-state index in [2.05, 4.69) is 32.6 Å². The first-order valence-corrected chi connectivity index (χ1v) is 8.49. The van der Waals surface area contributed by atoms with E-state index < -0.39 is 0 Å². The smallest absolute Gasteiger partial charge is 0.323 e. The molecule has 0 heterocycles. The number of esters is 1. The molecule has 120 valence electrons. The molecule has 0 rings (SSSR count). The van der Waals surface area contributed by atoms with Crippen molar-refractivity contribution in [3.05, 3.63) is 0 Å². The summed E-state index contributed by atoms with van der Waals surface area (Å²) in [5.74, 6) is 0.257. The summed E-state index contributed by atoms with van der Waals surface area (Å²) in [5, 5.41) is 0. The van der Waals surface area contributed by atoms with Crippen LogP contribution in [0, 0.1) is 5.92 Å². The molecule has 0 spiro atoms. The van der Waals surface area contributed by atoms with Gasteiger partial charge in [-0.15, -0.1) is 0 Å². The van der Waals surface area contributed by atoms with Gasteiger partial charge in [-0.1, -0.05) is 53.4 Å². The third kappa shape index (κ3) is 7.88. The Kier molecular flexibility index (Phi) is 11.8. The minimum atomic E-state index is -0.0799. The van der Waals surface area contributed by atoms with Crippen molar-refractivity contribution in [2.45, 2.75) is 79.2 Å². The van der Waals surface area contributed by atoms with Gasteiger partial charge in [0.05, 0.1) is 6.61 Å². The highest BCUT2D eigenvalue weighted by Gasteiger charge is 2.29. The van der Waals surface area contributed by atoms with Crippen LogP contribution in [0.4, 0.5) is 0 Å². The maximum Gasteiger partial charge on any atom is 0.323 e. The molecule has 0 saturated heterocycles. The van der Waals surface area contributed by atoms with E-state index in [1.54, 1.807) is 0 Å². The highest BCUT2D eigenvalue weighted by molar-refractivity contribution is 5.76. The van der Waals surface area contributed by atoms with E-state index >= 15 is 0 Å². The molecule has 0 aliphatic rings. The zero-order valence-electron chi connectivity index (χ0n) is 14.3. The Morgan fingerprint density at radius 2 is 1.45 bits per heavy atom. The molecule has 0 aromatic rings. The second kappa shape index (κ2) is 12.2. The molecule has 1 atom stereocenters. The molecule has 0 bridgehead atoms. The first-order chi connectivity index (χ1) is 9.58. The predicted molar refractivity (Wildman–Crippen MR) is 85.9 cm³/mol. The van der Waals surface area contributed by atoms with E-state index in [0.29, 0.717) is 12.5 Å². The number of hydrogen-bond acceptors (Lipinski definition) is 3. The molecule has 0 saturated carbocycles. The molecule has 0 amide bonds. The summed E-state index contributed by atoms with van der Waals surface area (Å²) < 4.78 is 5.28. The van der Waals surface area contributed by atoms with Gasteiger partial charge in [0, 0.05) is 0 Å². The molecular weight excluding hydrogens is 250 g/mol. The lowest BCUT2D eigenvalue weighted by atomic mass is 10.0. The van der Waals surface area contributed by atoms with Crippen molar-refractivity contribution in [1.82, 2.24) is 4.90 Å². The minimum Gasteiger partial charge on any atom is -0.465 e. The quantitative estimate of drug-likeness (QED) is 0.396. The molecule has 0 aromatic heterocycles. The molecule has 0 aliphatic carbocycles. The molecule has 3 heteroatoms. The van der Waals surface area contributed by atoms with Gasteiger partial charge in [-0.2, -0.15) is 0 Å². The Morgan fingerprint density at radius 3 is 1.80 bits per heavy atom. The molecule has 0 fully saturated rings. The lowest BCUT2D eigenvalue weighted by Crippen LogP contribution is -2.46. The third-order valence-electron chi connectivity index (χ3n) is 3.65. The van der Waals surface area contributed by atoms with Crippen LogP contribution < -0.4 is 0 Å². The fourth-order valence-corrected chi connectivity index (χ4v) is 2.59. The topological polar surface area (TPSA) is 29.5 Å². The Labute approximate surface area is 126 Å². The van der Waals surface area contributed by atoms with Gasteiger partial charge in [0.15, 0.2) is 0 Å². The van der Waals surface area contributed by atoms with Crippen LogP contribution in [0.2, 0.25) is 0 Å². The van der Waals surface area contributed by atoms with Crippen molar-refractivity contribution in [2.24, 2.45) is 5.92 Å². The minimum absolute atomic E-state index is 0.0458. The van der Waals surface area contributed by atoms with Crippen molar-refractivity contribution in [1.29, 1.82) is 0 Å². The zero-order valence-corrected chi connectivity index (χ0v) is 14.3. The Bertz CT molecular complexity index is 231. The summed E-state index contributed by atoms with van der Waals surface area (Å²) >= 11 is 0. The van der Waals surface area contributed by atoms with Gasteiger partial charge in [-0.3, -0.25) is 9.69 Å². The first kappa shape index (κ1) is 19.4. The van der Waals surface area contributed by atoms with Crippen LogP contribution in [0.15, 0.2) is 0 Å². The fraction of sp³-hybridized carbons (Fsp3) is 0.941. The van der Waals surface area contributed by atoms with Crippen molar-refractivity contribution >= 4 is 5.97 Å². The van der Waals surface area contributed by atoms with Gasteiger partial charge in [0.25, 0.3) is 0 Å². The van der Waals surface area contributed by atoms with Gasteiger partial charge in [-0.25, -0.2) is 0 Å². The van der Waals surface area contributed by atoms with E-state index in [0.717, 1.165) is 13.1 Å². The standard InChI is InChI=1S/C17H35NO2/c1-6-9-11-13-18(14-12-10-7-2)16(15(4)5)17(19)20-8-3/h15-16H,6-14H2,1-5H3. The van der Waals surface area contributed by atoms with Crippen molar-refractivity contribution in [2.75, 3.05) is 19.7 Å². The highest BCUT2D eigenvalue weighted by Crippen LogP contribution is 2.16. The van der Waals surface area contributed by atoms with Crippen LogP contribution in [0.5, 0.6) is 0 Å². The second-order valence-corrected chi connectivity index (χ2v) is 5.89. The van der Waals surface area contributed by atoms with E-state index in [4.69, 9.17) is 4.74 Å². The lowest BCUT2D eigenvalue weighted by Gasteiger charge is -2.32. The van der Waals surface area contributed by atoms with Crippen LogP contribution in [0.3, 0.4) is 0 Å². The number of rotatable bonds is 12. The lowest BCUT2D eigenvalue weighted by molar-refractivity contribution is -0.151. The molecule has 20 heavy (non-hydrogen) atoms. The Morgan fingerprint density at radius 1 is 0.950 bits per heavy atom. The fourth-order valence-electron chi connectivity index (χ4n) is 2.59. The van der Waals surface area contributed by atoms with E-state index in [-0.39, 0.29) is 12.0 Å². The number of ether oxygens (including phenoxy) is 1. The zero-order chi connectivity index (χ0) is 15.4. The van der Waals surface area contributed by atoms with Crippen LogP contribution in [-0.4, -0.2) is 36.6 Å². The van der Waals surface area contributed by atoms with Gasteiger partial charge in [0.2, 0.25) is 0 Å². The SMILES string of the molecule is CCCCCN(CCCCC)C(C(=O)OCC)C(C)C. The number of hydrogen-bond donors (Lipinski definition) is 0. The summed E-state index contributed by atoms with van der Waals surface area (Å²) in [6, 6.07) is -0.0799. The summed E-state index contributed by atoms with van der Waals surface area (Å²) in [4.78, 5) is 14.6. The average Bonchev–Trinajstić information content (AvgIpc) is 2.39.